The molecule has 2 N–H and O–H groups in total. The van der Waals surface area contributed by atoms with E-state index in [0.29, 0.717) is 6.42 Å². The number of halogens is 2. The van der Waals surface area contributed by atoms with Gasteiger partial charge in [-0.25, -0.2) is 4.98 Å². The monoisotopic (exact) mass is 339 g/mol. The highest BCUT2D eigenvalue weighted by atomic mass is 35.5. The summed E-state index contributed by atoms with van der Waals surface area (Å²) in [6, 6.07) is 0.287. The number of nitrogens with two attached hydrogens (primary N) is 1. The maximum Gasteiger partial charge on any atom is 0.223 e. The summed E-state index contributed by atoms with van der Waals surface area (Å²) < 4.78 is 0. The van der Waals surface area contributed by atoms with E-state index in [0.717, 1.165) is 31.5 Å². The van der Waals surface area contributed by atoms with Crippen LogP contribution in [0.25, 0.3) is 0 Å². The summed E-state index contributed by atoms with van der Waals surface area (Å²) in [5.74, 6) is 0.227. The Bertz CT molecular complexity index is 387. The van der Waals surface area contributed by atoms with Crippen molar-refractivity contribution in [3.05, 3.63) is 16.6 Å². The number of nitrogens with zero attached hydrogens (tertiary/aromatic N) is 2. The lowest BCUT2D eigenvalue weighted by molar-refractivity contribution is -0.135. The zero-order valence-corrected chi connectivity index (χ0v) is 14.1. The van der Waals surface area contributed by atoms with Crippen LogP contribution < -0.4 is 5.73 Å². The topological polar surface area (TPSA) is 59.2 Å². The first-order valence-electron chi connectivity index (χ1n) is 6.60. The van der Waals surface area contributed by atoms with Crippen molar-refractivity contribution in [3.63, 3.8) is 0 Å². The first kappa shape index (κ1) is 19.6. The van der Waals surface area contributed by atoms with Crippen LogP contribution in [0, 0.1) is 0 Å². The maximum atomic E-state index is 12.3. The molecule has 1 aromatic heterocycles. The van der Waals surface area contributed by atoms with Crippen LogP contribution in [0.5, 0.6) is 0 Å². The van der Waals surface area contributed by atoms with Gasteiger partial charge < -0.3 is 10.6 Å². The minimum Gasteiger partial charge on any atom is -0.338 e. The lowest BCUT2D eigenvalue weighted by atomic mass is 9.96. The fourth-order valence-corrected chi connectivity index (χ4v) is 3.15. The molecule has 0 radical (unpaired) electrons. The van der Waals surface area contributed by atoms with E-state index in [-0.39, 0.29) is 42.8 Å². The van der Waals surface area contributed by atoms with Gasteiger partial charge in [-0.15, -0.1) is 36.2 Å². The summed E-state index contributed by atoms with van der Waals surface area (Å²) >= 11 is 1.58. The molecule has 7 heteroatoms. The molecule has 1 aliphatic rings. The van der Waals surface area contributed by atoms with Crippen molar-refractivity contribution in [3.8, 4) is 0 Å². The van der Waals surface area contributed by atoms with Gasteiger partial charge in [0.05, 0.1) is 11.2 Å². The highest BCUT2D eigenvalue weighted by Gasteiger charge is 2.28. The molecule has 1 aliphatic heterocycles. The first-order valence-corrected chi connectivity index (χ1v) is 7.55. The maximum absolute atomic E-state index is 12.3. The number of aromatic nitrogens is 1. The summed E-state index contributed by atoms with van der Waals surface area (Å²) in [6.07, 6.45) is 4.62. The van der Waals surface area contributed by atoms with Gasteiger partial charge in [0.15, 0.2) is 0 Å². The van der Waals surface area contributed by atoms with Gasteiger partial charge in [0, 0.05) is 30.4 Å². The number of aryl methyl sites for hydroxylation is 1. The molecule has 0 bridgehead atoms. The Hall–Kier alpha value is -0.360. The summed E-state index contributed by atoms with van der Waals surface area (Å²) in [5.41, 5.74) is 8.81. The molecule has 1 aromatic rings. The molecule has 0 saturated carbocycles. The number of carbonyl (C=O) groups is 1. The Morgan fingerprint density at radius 1 is 1.55 bits per heavy atom. The molecule has 1 amide bonds. The van der Waals surface area contributed by atoms with E-state index in [1.165, 1.54) is 6.42 Å². The van der Waals surface area contributed by atoms with E-state index in [4.69, 9.17) is 5.73 Å². The molecule has 1 fully saturated rings. The van der Waals surface area contributed by atoms with Crippen molar-refractivity contribution in [1.82, 2.24) is 9.88 Å². The number of piperidine rings is 1. The van der Waals surface area contributed by atoms with Crippen LogP contribution in [0.15, 0.2) is 10.9 Å². The molecule has 1 saturated heterocycles. The van der Waals surface area contributed by atoms with Crippen LogP contribution >= 0.6 is 36.2 Å². The lowest BCUT2D eigenvalue weighted by Crippen LogP contribution is -2.51. The highest BCUT2D eigenvalue weighted by Crippen LogP contribution is 2.20. The number of hydrogen-bond donors (Lipinski definition) is 1. The van der Waals surface area contributed by atoms with Crippen LogP contribution in [-0.4, -0.2) is 34.4 Å². The van der Waals surface area contributed by atoms with Gasteiger partial charge in [0.2, 0.25) is 5.91 Å². The average molecular weight is 340 g/mol. The zero-order valence-electron chi connectivity index (χ0n) is 11.7. The van der Waals surface area contributed by atoms with Crippen LogP contribution in [-0.2, 0) is 11.2 Å². The second-order valence-corrected chi connectivity index (χ2v) is 5.71. The third-order valence-electron chi connectivity index (χ3n) is 3.55. The molecule has 2 unspecified atom stereocenters. The molecule has 0 aromatic carbocycles. The number of carbonyl (C=O) groups excluding carboxylic acids is 1. The number of likely N-dealkylation sites (tertiary alicyclic amines) is 1. The summed E-state index contributed by atoms with van der Waals surface area (Å²) in [5, 5.41) is 2.01. The molecule has 4 nitrogen and oxygen atoms in total. The number of thiazole rings is 1. The molecule has 116 valence electrons. The predicted molar refractivity (Wildman–Crippen MR) is 87.9 cm³/mol. The Labute approximate surface area is 137 Å². The Morgan fingerprint density at radius 3 is 2.90 bits per heavy atom. The quantitative estimate of drug-likeness (QED) is 0.917. The second kappa shape index (κ2) is 9.55. The zero-order chi connectivity index (χ0) is 13.0. The van der Waals surface area contributed by atoms with E-state index in [1.54, 1.807) is 11.3 Å². The molecular formula is C13H23Cl2N3OS. The molecular weight excluding hydrogens is 317 g/mol. The Morgan fingerprint density at radius 2 is 2.30 bits per heavy atom. The van der Waals surface area contributed by atoms with Crippen LogP contribution in [0.1, 0.15) is 38.3 Å². The lowest BCUT2D eigenvalue weighted by Gasteiger charge is -2.38. The minimum atomic E-state index is 0. The van der Waals surface area contributed by atoms with E-state index >= 15 is 0 Å². The third kappa shape index (κ3) is 5.20. The SMILES string of the molecule is CC(N)C1CCCCN1C(=O)CCc1cscn1.Cl.Cl. The minimum absolute atomic E-state index is 0. The van der Waals surface area contributed by atoms with Crippen LogP contribution in [0.2, 0.25) is 0 Å². The first-order chi connectivity index (χ1) is 8.68. The largest absolute Gasteiger partial charge is 0.338 e. The van der Waals surface area contributed by atoms with E-state index < -0.39 is 0 Å². The van der Waals surface area contributed by atoms with Crippen molar-refractivity contribution >= 4 is 42.1 Å². The van der Waals surface area contributed by atoms with Gasteiger partial charge in [-0.1, -0.05) is 0 Å². The van der Waals surface area contributed by atoms with Gasteiger partial charge in [-0.05, 0) is 32.6 Å². The normalized spacial score (nSPS) is 19.7. The van der Waals surface area contributed by atoms with Crippen molar-refractivity contribution < 1.29 is 4.79 Å². The third-order valence-corrected chi connectivity index (χ3v) is 4.19. The molecule has 0 spiro atoms. The predicted octanol–water partition coefficient (Wildman–Crippen LogP) is 2.65. The van der Waals surface area contributed by atoms with Gasteiger partial charge in [0.1, 0.15) is 0 Å². The van der Waals surface area contributed by atoms with Crippen molar-refractivity contribution in [2.24, 2.45) is 5.73 Å². The molecule has 0 aliphatic carbocycles. The van der Waals surface area contributed by atoms with E-state index in [1.807, 2.05) is 22.7 Å². The van der Waals surface area contributed by atoms with Gasteiger partial charge in [0.25, 0.3) is 0 Å². The number of hydrogen-bond acceptors (Lipinski definition) is 4. The Kier molecular flexibility index (Phi) is 9.38. The van der Waals surface area contributed by atoms with Gasteiger partial charge in [-0.2, -0.15) is 0 Å². The van der Waals surface area contributed by atoms with Gasteiger partial charge >= 0.3 is 0 Å². The van der Waals surface area contributed by atoms with E-state index in [2.05, 4.69) is 4.98 Å². The number of amides is 1. The smallest absolute Gasteiger partial charge is 0.223 e. The molecule has 2 heterocycles. The van der Waals surface area contributed by atoms with Crippen molar-refractivity contribution in [1.29, 1.82) is 0 Å². The number of rotatable bonds is 4. The van der Waals surface area contributed by atoms with Crippen molar-refractivity contribution in [2.75, 3.05) is 6.54 Å². The fourth-order valence-electron chi connectivity index (χ4n) is 2.55. The summed E-state index contributed by atoms with van der Waals surface area (Å²) in [4.78, 5) is 18.5. The molecule has 2 rings (SSSR count). The Balaban J connectivity index is 0.00000180. The van der Waals surface area contributed by atoms with Crippen LogP contribution in [0.4, 0.5) is 0 Å². The fraction of sp³-hybridized carbons (Fsp3) is 0.692. The standard InChI is InChI=1S/C13H21N3OS.2ClH/c1-10(14)12-4-2-3-7-16(12)13(17)6-5-11-8-18-9-15-11;;/h8-10,12H,2-7,14H2,1H3;2*1H. The molecule has 2 atom stereocenters. The highest BCUT2D eigenvalue weighted by molar-refractivity contribution is 7.07. The summed E-state index contributed by atoms with van der Waals surface area (Å²) in [6.45, 7) is 2.86. The average Bonchev–Trinajstić information content (AvgIpc) is 2.89. The van der Waals surface area contributed by atoms with Crippen molar-refractivity contribution in [2.45, 2.75) is 51.1 Å². The molecule has 20 heavy (non-hydrogen) atoms. The summed E-state index contributed by atoms with van der Waals surface area (Å²) in [7, 11) is 0. The van der Waals surface area contributed by atoms with Crippen LogP contribution in [0.3, 0.4) is 0 Å². The van der Waals surface area contributed by atoms with Gasteiger partial charge in [-0.3, -0.25) is 4.79 Å². The second-order valence-electron chi connectivity index (χ2n) is 4.99. The van der Waals surface area contributed by atoms with E-state index in [9.17, 15) is 4.79 Å².